The quantitative estimate of drug-likeness (QED) is 0.754. The SMILES string of the molecule is CC(C)(C)c1cc2cc(Cl)ccc2nc1N. The molecular weight excluding hydrogens is 220 g/mol. The zero-order valence-electron chi connectivity index (χ0n) is 9.71. The van der Waals surface area contributed by atoms with Gasteiger partial charge in [0.05, 0.1) is 5.52 Å². The van der Waals surface area contributed by atoms with E-state index in [1.807, 2.05) is 18.2 Å². The summed E-state index contributed by atoms with van der Waals surface area (Å²) in [5.74, 6) is 0.599. The average molecular weight is 235 g/mol. The highest BCUT2D eigenvalue weighted by atomic mass is 35.5. The van der Waals surface area contributed by atoms with Crippen molar-refractivity contribution in [2.24, 2.45) is 0 Å². The maximum absolute atomic E-state index is 5.97. The fourth-order valence-corrected chi connectivity index (χ4v) is 1.94. The second-order valence-corrected chi connectivity index (χ2v) is 5.44. The van der Waals surface area contributed by atoms with E-state index in [-0.39, 0.29) is 5.41 Å². The van der Waals surface area contributed by atoms with Crippen LogP contribution in [0.5, 0.6) is 0 Å². The predicted molar refractivity (Wildman–Crippen MR) is 69.9 cm³/mol. The molecule has 1 heterocycles. The summed E-state index contributed by atoms with van der Waals surface area (Å²) >= 11 is 5.97. The molecule has 0 bridgehead atoms. The number of pyridine rings is 1. The van der Waals surface area contributed by atoms with Gasteiger partial charge in [0, 0.05) is 16.0 Å². The van der Waals surface area contributed by atoms with Gasteiger partial charge in [-0.1, -0.05) is 32.4 Å². The third kappa shape index (κ3) is 1.98. The number of aromatic nitrogens is 1. The minimum absolute atomic E-state index is 0.00636. The lowest BCUT2D eigenvalue weighted by Gasteiger charge is -2.21. The zero-order chi connectivity index (χ0) is 11.9. The van der Waals surface area contributed by atoms with E-state index in [0.29, 0.717) is 5.82 Å². The van der Waals surface area contributed by atoms with Crippen molar-refractivity contribution in [1.29, 1.82) is 0 Å². The third-order valence-corrected chi connectivity index (χ3v) is 2.85. The lowest BCUT2D eigenvalue weighted by atomic mass is 9.86. The normalized spacial score (nSPS) is 12.0. The van der Waals surface area contributed by atoms with E-state index in [9.17, 15) is 0 Å². The Balaban J connectivity index is 2.74. The van der Waals surface area contributed by atoms with Gasteiger partial charge in [-0.2, -0.15) is 0 Å². The van der Waals surface area contributed by atoms with Crippen molar-refractivity contribution in [3.8, 4) is 0 Å². The standard InChI is InChI=1S/C13H15ClN2/c1-13(2,3)10-7-8-6-9(14)4-5-11(8)16-12(10)15/h4-7H,1-3H3,(H2,15,16). The van der Waals surface area contributed by atoms with Crippen LogP contribution in [0.15, 0.2) is 24.3 Å². The van der Waals surface area contributed by atoms with Crippen molar-refractivity contribution in [3.63, 3.8) is 0 Å². The summed E-state index contributed by atoms with van der Waals surface area (Å²) in [5.41, 5.74) is 7.90. The van der Waals surface area contributed by atoms with Crippen LogP contribution < -0.4 is 5.73 Å². The summed E-state index contributed by atoms with van der Waals surface area (Å²) in [6, 6.07) is 7.70. The fraction of sp³-hybridized carbons (Fsp3) is 0.308. The summed E-state index contributed by atoms with van der Waals surface area (Å²) in [5, 5.41) is 1.76. The van der Waals surface area contributed by atoms with Gasteiger partial charge < -0.3 is 5.73 Å². The van der Waals surface area contributed by atoms with Gasteiger partial charge >= 0.3 is 0 Å². The molecule has 0 amide bonds. The Morgan fingerprint density at radius 1 is 1.19 bits per heavy atom. The van der Waals surface area contributed by atoms with Crippen molar-refractivity contribution in [1.82, 2.24) is 4.98 Å². The number of rotatable bonds is 0. The maximum Gasteiger partial charge on any atom is 0.127 e. The molecule has 0 saturated carbocycles. The molecule has 0 aliphatic heterocycles. The summed E-state index contributed by atoms with van der Waals surface area (Å²) in [6.45, 7) is 6.37. The molecule has 84 valence electrons. The van der Waals surface area contributed by atoms with E-state index in [1.165, 1.54) is 0 Å². The molecule has 1 aromatic carbocycles. The van der Waals surface area contributed by atoms with E-state index in [0.717, 1.165) is 21.5 Å². The molecule has 0 saturated heterocycles. The molecule has 0 aliphatic rings. The summed E-state index contributed by atoms with van der Waals surface area (Å²) in [4.78, 5) is 4.40. The highest BCUT2D eigenvalue weighted by Crippen LogP contribution is 2.30. The van der Waals surface area contributed by atoms with Crippen LogP contribution in [-0.4, -0.2) is 4.98 Å². The van der Waals surface area contributed by atoms with Crippen LogP contribution in [0, 0.1) is 0 Å². The minimum Gasteiger partial charge on any atom is -0.383 e. The molecule has 0 spiro atoms. The Bertz CT molecular complexity index is 541. The van der Waals surface area contributed by atoms with Crippen LogP contribution in [0.1, 0.15) is 26.3 Å². The van der Waals surface area contributed by atoms with Gasteiger partial charge in [-0.25, -0.2) is 4.98 Å². The second kappa shape index (κ2) is 3.63. The molecular formula is C13H15ClN2. The Morgan fingerprint density at radius 2 is 1.88 bits per heavy atom. The topological polar surface area (TPSA) is 38.9 Å². The number of halogens is 1. The number of benzene rings is 1. The molecule has 1 aromatic heterocycles. The monoisotopic (exact) mass is 234 g/mol. The number of nitrogens with two attached hydrogens (primary N) is 1. The van der Waals surface area contributed by atoms with Crippen LogP contribution >= 0.6 is 11.6 Å². The molecule has 0 fully saturated rings. The predicted octanol–water partition coefficient (Wildman–Crippen LogP) is 3.77. The number of anilines is 1. The molecule has 2 aromatic rings. The summed E-state index contributed by atoms with van der Waals surface area (Å²) in [7, 11) is 0. The van der Waals surface area contributed by atoms with E-state index < -0.39 is 0 Å². The highest BCUT2D eigenvalue weighted by Gasteiger charge is 2.18. The number of nitrogen functional groups attached to an aromatic ring is 1. The summed E-state index contributed by atoms with van der Waals surface area (Å²) in [6.07, 6.45) is 0. The minimum atomic E-state index is -0.00636. The molecule has 0 atom stereocenters. The van der Waals surface area contributed by atoms with Gasteiger partial charge in [-0.05, 0) is 29.7 Å². The van der Waals surface area contributed by atoms with E-state index in [2.05, 4.69) is 31.8 Å². The molecule has 0 radical (unpaired) electrons. The molecule has 2 nitrogen and oxygen atoms in total. The Hall–Kier alpha value is -1.28. The fourth-order valence-electron chi connectivity index (χ4n) is 1.76. The van der Waals surface area contributed by atoms with E-state index >= 15 is 0 Å². The first-order chi connectivity index (χ1) is 7.38. The smallest absolute Gasteiger partial charge is 0.127 e. The maximum atomic E-state index is 5.97. The van der Waals surface area contributed by atoms with Crippen LogP contribution in [0.25, 0.3) is 10.9 Å². The van der Waals surface area contributed by atoms with Crippen LogP contribution in [0.4, 0.5) is 5.82 Å². The van der Waals surface area contributed by atoms with Crippen LogP contribution in [-0.2, 0) is 5.41 Å². The molecule has 0 aliphatic carbocycles. The van der Waals surface area contributed by atoms with E-state index in [1.54, 1.807) is 0 Å². The largest absolute Gasteiger partial charge is 0.383 e. The lowest BCUT2D eigenvalue weighted by Crippen LogP contribution is -2.14. The second-order valence-electron chi connectivity index (χ2n) is 5.01. The van der Waals surface area contributed by atoms with Crippen LogP contribution in [0.2, 0.25) is 5.02 Å². The molecule has 3 heteroatoms. The Morgan fingerprint density at radius 3 is 2.50 bits per heavy atom. The Labute approximate surface area is 100 Å². The zero-order valence-corrected chi connectivity index (χ0v) is 10.5. The average Bonchev–Trinajstić information content (AvgIpc) is 2.16. The van der Waals surface area contributed by atoms with Gasteiger partial charge in [-0.15, -0.1) is 0 Å². The third-order valence-electron chi connectivity index (χ3n) is 2.61. The van der Waals surface area contributed by atoms with Crippen molar-refractivity contribution in [2.75, 3.05) is 5.73 Å². The number of hydrogen-bond donors (Lipinski definition) is 1. The van der Waals surface area contributed by atoms with E-state index in [4.69, 9.17) is 17.3 Å². The van der Waals surface area contributed by atoms with Crippen molar-refractivity contribution in [2.45, 2.75) is 26.2 Å². The highest BCUT2D eigenvalue weighted by molar-refractivity contribution is 6.31. The van der Waals surface area contributed by atoms with Crippen molar-refractivity contribution < 1.29 is 0 Å². The molecule has 2 N–H and O–H groups in total. The van der Waals surface area contributed by atoms with Gasteiger partial charge in [0.2, 0.25) is 0 Å². The first-order valence-electron chi connectivity index (χ1n) is 5.24. The lowest BCUT2D eigenvalue weighted by molar-refractivity contribution is 0.591. The van der Waals surface area contributed by atoms with Gasteiger partial charge in [0.25, 0.3) is 0 Å². The van der Waals surface area contributed by atoms with Gasteiger partial charge in [0.15, 0.2) is 0 Å². The first-order valence-corrected chi connectivity index (χ1v) is 5.62. The van der Waals surface area contributed by atoms with Crippen molar-refractivity contribution in [3.05, 3.63) is 34.9 Å². The van der Waals surface area contributed by atoms with Crippen LogP contribution in [0.3, 0.4) is 0 Å². The summed E-state index contributed by atoms with van der Waals surface area (Å²) < 4.78 is 0. The van der Waals surface area contributed by atoms with Gasteiger partial charge in [-0.3, -0.25) is 0 Å². The number of hydrogen-bond acceptors (Lipinski definition) is 2. The molecule has 16 heavy (non-hydrogen) atoms. The number of nitrogens with zero attached hydrogens (tertiary/aromatic N) is 1. The molecule has 0 unspecified atom stereocenters. The first kappa shape index (κ1) is 11.2. The number of fused-ring (bicyclic) bond motifs is 1. The van der Waals surface area contributed by atoms with Gasteiger partial charge in [0.1, 0.15) is 5.82 Å². The van der Waals surface area contributed by atoms with Crippen molar-refractivity contribution >= 4 is 28.3 Å². The Kier molecular flexibility index (Phi) is 2.55. The molecule has 2 rings (SSSR count).